The van der Waals surface area contributed by atoms with Crippen LogP contribution in [0.15, 0.2) is 24.8 Å². The van der Waals surface area contributed by atoms with Gasteiger partial charge in [0.15, 0.2) is 11.5 Å². The molecular weight excluding hydrogens is 370 g/mol. The van der Waals surface area contributed by atoms with Gasteiger partial charge in [-0.05, 0) is 53.3 Å². The van der Waals surface area contributed by atoms with E-state index in [1.807, 2.05) is 12.1 Å². The molecule has 6 nitrogen and oxygen atoms in total. The van der Waals surface area contributed by atoms with Crippen LogP contribution in [0.3, 0.4) is 0 Å². The van der Waals surface area contributed by atoms with Crippen LogP contribution in [0, 0.1) is 0 Å². The van der Waals surface area contributed by atoms with E-state index in [1.54, 1.807) is 21.3 Å². The van der Waals surface area contributed by atoms with E-state index in [1.165, 1.54) is 6.92 Å². The summed E-state index contributed by atoms with van der Waals surface area (Å²) in [6.07, 6.45) is 1.50. The lowest BCUT2D eigenvalue weighted by molar-refractivity contribution is -0.119. The van der Waals surface area contributed by atoms with Crippen molar-refractivity contribution in [3.63, 3.8) is 0 Å². The molecule has 2 aromatic carbocycles. The van der Waals surface area contributed by atoms with Gasteiger partial charge in [-0.3, -0.25) is 4.79 Å². The van der Waals surface area contributed by atoms with E-state index in [4.69, 9.17) is 18.9 Å². The highest BCUT2D eigenvalue weighted by Crippen LogP contribution is 2.52. The van der Waals surface area contributed by atoms with Gasteiger partial charge < -0.3 is 24.3 Å². The van der Waals surface area contributed by atoms with Crippen molar-refractivity contribution in [1.29, 1.82) is 0 Å². The molecule has 29 heavy (non-hydrogen) atoms. The van der Waals surface area contributed by atoms with E-state index < -0.39 is 0 Å². The molecule has 0 saturated heterocycles. The van der Waals surface area contributed by atoms with Crippen LogP contribution in [0.5, 0.6) is 23.0 Å². The molecule has 1 heterocycles. The van der Waals surface area contributed by atoms with Gasteiger partial charge in [-0.25, -0.2) is 0 Å². The van der Waals surface area contributed by atoms with Crippen molar-refractivity contribution >= 4 is 11.5 Å². The summed E-state index contributed by atoms with van der Waals surface area (Å²) in [6.45, 7) is 6.13. The number of rotatable bonds is 4. The van der Waals surface area contributed by atoms with Crippen LogP contribution in [0.2, 0.25) is 0 Å². The monoisotopic (exact) mass is 395 g/mol. The molecule has 1 amide bonds. The Morgan fingerprint density at radius 3 is 2.52 bits per heavy atom. The summed E-state index contributed by atoms with van der Waals surface area (Å²) in [5, 5.41) is 3.09. The Kier molecular flexibility index (Phi) is 4.86. The lowest BCUT2D eigenvalue weighted by Crippen LogP contribution is -2.26. The highest BCUT2D eigenvalue weighted by Gasteiger charge is 2.31. The number of methoxy groups -OCH3 is 3. The number of aryl methyl sites for hydroxylation is 1. The van der Waals surface area contributed by atoms with E-state index in [0.717, 1.165) is 52.0 Å². The Hall–Kier alpha value is -3.15. The Labute approximate surface area is 170 Å². The Morgan fingerprint density at radius 1 is 1.10 bits per heavy atom. The summed E-state index contributed by atoms with van der Waals surface area (Å²) in [7, 11) is 4.84. The van der Waals surface area contributed by atoms with Crippen LogP contribution in [0.1, 0.15) is 36.1 Å². The van der Waals surface area contributed by atoms with Gasteiger partial charge in [0.2, 0.25) is 11.7 Å². The third kappa shape index (κ3) is 3.09. The van der Waals surface area contributed by atoms with E-state index in [2.05, 4.69) is 18.0 Å². The first-order valence-corrected chi connectivity index (χ1v) is 9.56. The Bertz CT molecular complexity index is 1010. The third-order valence-electron chi connectivity index (χ3n) is 5.57. The van der Waals surface area contributed by atoms with Crippen LogP contribution in [0.4, 0.5) is 0 Å². The van der Waals surface area contributed by atoms with E-state index in [0.29, 0.717) is 23.9 Å². The zero-order valence-electron chi connectivity index (χ0n) is 17.2. The van der Waals surface area contributed by atoms with Gasteiger partial charge in [0, 0.05) is 18.1 Å². The average molecular weight is 395 g/mol. The van der Waals surface area contributed by atoms with Gasteiger partial charge in [0.05, 0.1) is 27.4 Å². The fraction of sp³-hybridized carbons (Fsp3) is 0.348. The second kappa shape index (κ2) is 7.35. The van der Waals surface area contributed by atoms with Gasteiger partial charge in [0.1, 0.15) is 12.4 Å². The van der Waals surface area contributed by atoms with Crippen LogP contribution < -0.4 is 24.3 Å². The standard InChI is InChI=1S/C23H25NO5/c1-12-11-29-19-10-16-17(9-15(12)19)21-14(6-7-18(16)24-13(2)25)8-20(26-3)22(27-4)23(21)28-5/h8-10,18H,1,6-7,11H2,2-5H3,(H,24,25)/t18-/m0/s1. The number of hydrogen-bond acceptors (Lipinski definition) is 5. The molecular formula is C23H25NO5. The lowest BCUT2D eigenvalue weighted by Gasteiger charge is -2.21. The summed E-state index contributed by atoms with van der Waals surface area (Å²) in [6, 6.07) is 5.97. The van der Waals surface area contributed by atoms with Gasteiger partial charge in [-0.1, -0.05) is 6.58 Å². The predicted molar refractivity (Wildman–Crippen MR) is 111 cm³/mol. The first kappa shape index (κ1) is 19.2. The Balaban J connectivity index is 2.04. The van der Waals surface area contributed by atoms with Crippen molar-refractivity contribution in [2.75, 3.05) is 27.9 Å². The molecule has 0 saturated carbocycles. The number of benzene rings is 2. The van der Waals surface area contributed by atoms with E-state index >= 15 is 0 Å². The number of amides is 1. The summed E-state index contributed by atoms with van der Waals surface area (Å²) in [4.78, 5) is 11.9. The zero-order chi connectivity index (χ0) is 20.7. The molecule has 1 N–H and O–H groups in total. The number of nitrogens with one attached hydrogen (secondary N) is 1. The summed E-state index contributed by atoms with van der Waals surface area (Å²) >= 11 is 0. The SMILES string of the molecule is C=C1COc2cc3c(cc21)-c1c(cc(OC)c(OC)c1OC)CC[C@@H]3NC(C)=O. The predicted octanol–water partition coefficient (Wildman–Crippen LogP) is 3.91. The first-order chi connectivity index (χ1) is 14.0. The van der Waals surface area contributed by atoms with E-state index in [9.17, 15) is 4.79 Å². The van der Waals surface area contributed by atoms with Gasteiger partial charge in [-0.15, -0.1) is 0 Å². The van der Waals surface area contributed by atoms with E-state index in [-0.39, 0.29) is 11.9 Å². The molecule has 0 radical (unpaired) electrons. The molecule has 0 fully saturated rings. The molecule has 0 spiro atoms. The van der Waals surface area contributed by atoms with Gasteiger partial charge >= 0.3 is 0 Å². The molecule has 152 valence electrons. The van der Waals surface area contributed by atoms with Crippen molar-refractivity contribution in [1.82, 2.24) is 5.32 Å². The molecule has 1 aliphatic carbocycles. The minimum atomic E-state index is -0.139. The number of ether oxygens (including phenoxy) is 4. The third-order valence-corrected chi connectivity index (χ3v) is 5.57. The second-order valence-corrected chi connectivity index (χ2v) is 7.30. The largest absolute Gasteiger partial charge is 0.493 e. The summed E-state index contributed by atoms with van der Waals surface area (Å²) < 4.78 is 22.8. The maximum Gasteiger partial charge on any atom is 0.217 e. The smallest absolute Gasteiger partial charge is 0.217 e. The average Bonchev–Trinajstić information content (AvgIpc) is 3.00. The fourth-order valence-electron chi connectivity index (χ4n) is 4.29. The lowest BCUT2D eigenvalue weighted by atomic mass is 9.90. The summed E-state index contributed by atoms with van der Waals surface area (Å²) in [5.41, 5.74) is 5.94. The van der Waals surface area contributed by atoms with Crippen LogP contribution in [-0.2, 0) is 11.2 Å². The maximum absolute atomic E-state index is 11.9. The second-order valence-electron chi connectivity index (χ2n) is 7.30. The quantitative estimate of drug-likeness (QED) is 0.850. The summed E-state index contributed by atoms with van der Waals surface area (Å²) in [5.74, 6) is 2.52. The molecule has 0 aromatic heterocycles. The minimum absolute atomic E-state index is 0.0696. The number of carbonyl (C=O) groups is 1. The van der Waals surface area contributed by atoms with Crippen molar-refractivity contribution in [3.8, 4) is 34.1 Å². The maximum atomic E-state index is 11.9. The normalized spacial score (nSPS) is 16.7. The minimum Gasteiger partial charge on any atom is -0.493 e. The number of fused-ring (bicyclic) bond motifs is 4. The number of carbonyl (C=O) groups excluding carboxylic acids is 1. The molecule has 4 rings (SSSR count). The van der Waals surface area contributed by atoms with Crippen LogP contribution >= 0.6 is 0 Å². The van der Waals surface area contributed by atoms with Crippen LogP contribution in [0.25, 0.3) is 16.7 Å². The molecule has 1 aliphatic heterocycles. The molecule has 6 heteroatoms. The highest BCUT2D eigenvalue weighted by atomic mass is 16.5. The molecule has 0 unspecified atom stereocenters. The topological polar surface area (TPSA) is 66.0 Å². The number of hydrogen-bond donors (Lipinski definition) is 1. The van der Waals surface area contributed by atoms with Crippen molar-refractivity contribution in [2.45, 2.75) is 25.8 Å². The molecule has 0 bridgehead atoms. The molecule has 2 aromatic rings. The molecule has 2 aliphatic rings. The molecule has 1 atom stereocenters. The van der Waals surface area contributed by atoms with Crippen molar-refractivity contribution in [3.05, 3.63) is 41.5 Å². The van der Waals surface area contributed by atoms with Gasteiger partial charge in [-0.2, -0.15) is 0 Å². The zero-order valence-corrected chi connectivity index (χ0v) is 17.2. The van der Waals surface area contributed by atoms with Crippen molar-refractivity contribution < 1.29 is 23.7 Å². The Morgan fingerprint density at radius 2 is 1.86 bits per heavy atom. The fourth-order valence-corrected chi connectivity index (χ4v) is 4.29. The first-order valence-electron chi connectivity index (χ1n) is 9.56. The highest BCUT2D eigenvalue weighted by molar-refractivity contribution is 5.87. The van der Waals surface area contributed by atoms with Gasteiger partial charge in [0.25, 0.3) is 0 Å². The van der Waals surface area contributed by atoms with Crippen LogP contribution in [-0.4, -0.2) is 33.8 Å². The van der Waals surface area contributed by atoms with Crippen molar-refractivity contribution in [2.24, 2.45) is 0 Å².